The molecule has 1 unspecified atom stereocenters. The maximum atomic E-state index is 13.2. The fourth-order valence-corrected chi connectivity index (χ4v) is 8.08. The van der Waals surface area contributed by atoms with Crippen molar-refractivity contribution in [2.24, 2.45) is 0 Å². The van der Waals surface area contributed by atoms with Gasteiger partial charge < -0.3 is 4.90 Å². The molecule has 0 aromatic heterocycles. The second kappa shape index (κ2) is 10.6. The lowest BCUT2D eigenvalue weighted by atomic mass is 9.70. The van der Waals surface area contributed by atoms with Crippen LogP contribution in [0.3, 0.4) is 0 Å². The second-order valence-corrected chi connectivity index (χ2v) is 12.3. The van der Waals surface area contributed by atoms with Crippen molar-refractivity contribution in [3.63, 3.8) is 0 Å². The Morgan fingerprint density at radius 3 is 1.83 bits per heavy atom. The molecule has 3 atom stereocenters. The van der Waals surface area contributed by atoms with Crippen LogP contribution in [0.15, 0.2) is 84.9 Å². The van der Waals surface area contributed by atoms with Crippen LogP contribution in [0, 0.1) is 0 Å². The minimum absolute atomic E-state index is 0.0218. The fraction of sp³-hybridized carbons (Fsp3) is 0.400. The summed E-state index contributed by atoms with van der Waals surface area (Å²) in [5.74, 6) is -0.118. The molecule has 3 saturated heterocycles. The number of hydrogen-bond donors (Lipinski definition) is 0. The van der Waals surface area contributed by atoms with Crippen molar-refractivity contribution in [1.29, 1.82) is 0 Å². The van der Waals surface area contributed by atoms with E-state index in [1.807, 2.05) is 47.4 Å². The SMILES string of the molecule is O=C(c1ccccc1)N1CCC(CCN2[C@@H]3CC[C@H]2CC(N2C(=O)c4ccccc4C2=O)C3)(c2ccccc2)CC1. The molecule has 4 aliphatic rings. The van der Waals surface area contributed by atoms with Gasteiger partial charge in [-0.15, -0.1) is 0 Å². The van der Waals surface area contributed by atoms with Gasteiger partial charge in [-0.2, -0.15) is 0 Å². The van der Waals surface area contributed by atoms with Crippen molar-refractivity contribution in [2.45, 2.75) is 68.5 Å². The van der Waals surface area contributed by atoms with E-state index >= 15 is 0 Å². The molecule has 0 radical (unpaired) electrons. The van der Waals surface area contributed by atoms with E-state index in [0.717, 1.165) is 70.1 Å². The maximum absolute atomic E-state index is 13.2. The Hall–Kier alpha value is -3.77. The van der Waals surface area contributed by atoms with Crippen molar-refractivity contribution in [3.8, 4) is 0 Å². The van der Waals surface area contributed by atoms with Crippen LogP contribution < -0.4 is 0 Å². The Balaban J connectivity index is 1.04. The first kappa shape index (κ1) is 26.1. The third-order valence-electron chi connectivity index (χ3n) is 10.3. The number of carbonyl (C=O) groups excluding carboxylic acids is 3. The molecule has 4 heterocycles. The molecule has 3 aromatic carbocycles. The van der Waals surface area contributed by atoms with Gasteiger partial charge in [0.1, 0.15) is 0 Å². The van der Waals surface area contributed by atoms with Crippen molar-refractivity contribution in [2.75, 3.05) is 19.6 Å². The number of fused-ring (bicyclic) bond motifs is 3. The molecule has 2 bridgehead atoms. The Labute approximate surface area is 241 Å². The third kappa shape index (κ3) is 4.58. The summed E-state index contributed by atoms with van der Waals surface area (Å²) in [6, 6.07) is 28.5. The average Bonchev–Trinajstić information content (AvgIpc) is 3.43. The summed E-state index contributed by atoms with van der Waals surface area (Å²) in [6.07, 6.45) is 6.94. The molecule has 6 heteroatoms. The number of benzene rings is 3. The highest BCUT2D eigenvalue weighted by Crippen LogP contribution is 2.43. The van der Waals surface area contributed by atoms with Gasteiger partial charge in [0.05, 0.1) is 11.1 Å². The van der Waals surface area contributed by atoms with Gasteiger partial charge in [-0.3, -0.25) is 24.2 Å². The zero-order valence-corrected chi connectivity index (χ0v) is 23.5. The van der Waals surface area contributed by atoms with E-state index in [4.69, 9.17) is 0 Å². The summed E-state index contributed by atoms with van der Waals surface area (Å²) in [7, 11) is 0. The number of imide groups is 1. The number of rotatable bonds is 6. The lowest BCUT2D eigenvalue weighted by Crippen LogP contribution is -2.53. The predicted molar refractivity (Wildman–Crippen MR) is 158 cm³/mol. The zero-order chi connectivity index (χ0) is 28.0. The van der Waals surface area contributed by atoms with Gasteiger partial charge in [-0.1, -0.05) is 60.7 Å². The van der Waals surface area contributed by atoms with Crippen LogP contribution in [-0.2, 0) is 5.41 Å². The Bertz CT molecular complexity index is 1400. The molecule has 3 amide bonds. The molecule has 0 saturated carbocycles. The summed E-state index contributed by atoms with van der Waals surface area (Å²) in [6.45, 7) is 2.53. The first-order chi connectivity index (χ1) is 20.0. The molecule has 210 valence electrons. The molecule has 7 rings (SSSR count). The smallest absolute Gasteiger partial charge is 0.261 e. The van der Waals surface area contributed by atoms with Crippen molar-refractivity contribution >= 4 is 17.7 Å². The molecule has 41 heavy (non-hydrogen) atoms. The Morgan fingerprint density at radius 1 is 0.707 bits per heavy atom. The monoisotopic (exact) mass is 547 g/mol. The van der Waals surface area contributed by atoms with E-state index in [0.29, 0.717) is 23.2 Å². The summed E-state index contributed by atoms with van der Waals surface area (Å²) in [5.41, 5.74) is 3.27. The molecule has 6 nitrogen and oxygen atoms in total. The maximum Gasteiger partial charge on any atom is 0.261 e. The lowest BCUT2D eigenvalue weighted by Gasteiger charge is -2.46. The number of amides is 3. The first-order valence-corrected chi connectivity index (χ1v) is 15.2. The van der Waals surface area contributed by atoms with Crippen LogP contribution in [0.4, 0.5) is 0 Å². The van der Waals surface area contributed by atoms with Gasteiger partial charge in [-0.05, 0) is 86.7 Å². The van der Waals surface area contributed by atoms with E-state index in [2.05, 4.69) is 35.2 Å². The largest absolute Gasteiger partial charge is 0.339 e. The van der Waals surface area contributed by atoms with Gasteiger partial charge in [0.15, 0.2) is 0 Å². The summed E-state index contributed by atoms with van der Waals surface area (Å²) < 4.78 is 0. The van der Waals surface area contributed by atoms with Crippen LogP contribution in [0.25, 0.3) is 0 Å². The highest BCUT2D eigenvalue weighted by Gasteiger charge is 2.48. The molecular formula is C35H37N3O3. The van der Waals surface area contributed by atoms with Gasteiger partial charge >= 0.3 is 0 Å². The minimum Gasteiger partial charge on any atom is -0.339 e. The van der Waals surface area contributed by atoms with E-state index in [1.54, 1.807) is 17.0 Å². The van der Waals surface area contributed by atoms with E-state index < -0.39 is 0 Å². The third-order valence-corrected chi connectivity index (χ3v) is 10.3. The molecule has 0 aliphatic carbocycles. The summed E-state index contributed by atoms with van der Waals surface area (Å²) in [5, 5.41) is 0. The lowest BCUT2D eigenvalue weighted by molar-refractivity contribution is 0.0363. The minimum atomic E-state index is -0.122. The molecule has 3 aromatic rings. The molecular weight excluding hydrogens is 510 g/mol. The van der Waals surface area contributed by atoms with Crippen LogP contribution in [-0.4, -0.2) is 70.2 Å². The van der Waals surface area contributed by atoms with Crippen LogP contribution >= 0.6 is 0 Å². The Morgan fingerprint density at radius 2 is 1.24 bits per heavy atom. The highest BCUT2D eigenvalue weighted by atomic mass is 16.2. The van der Waals surface area contributed by atoms with Gasteiger partial charge in [-0.25, -0.2) is 0 Å². The fourth-order valence-electron chi connectivity index (χ4n) is 8.08. The van der Waals surface area contributed by atoms with Crippen LogP contribution in [0.2, 0.25) is 0 Å². The number of piperidine rings is 2. The topological polar surface area (TPSA) is 60.9 Å². The van der Waals surface area contributed by atoms with E-state index in [-0.39, 0.29) is 29.2 Å². The number of likely N-dealkylation sites (tertiary alicyclic amines) is 1. The van der Waals surface area contributed by atoms with E-state index in [1.165, 1.54) is 5.56 Å². The van der Waals surface area contributed by atoms with Crippen LogP contribution in [0.1, 0.15) is 81.6 Å². The van der Waals surface area contributed by atoms with E-state index in [9.17, 15) is 14.4 Å². The first-order valence-electron chi connectivity index (χ1n) is 15.2. The zero-order valence-electron chi connectivity index (χ0n) is 23.5. The van der Waals surface area contributed by atoms with Crippen molar-refractivity contribution in [3.05, 3.63) is 107 Å². The number of carbonyl (C=O) groups is 3. The number of hydrogen-bond acceptors (Lipinski definition) is 4. The molecule has 0 N–H and O–H groups in total. The highest BCUT2D eigenvalue weighted by molar-refractivity contribution is 6.21. The van der Waals surface area contributed by atoms with Crippen LogP contribution in [0.5, 0.6) is 0 Å². The van der Waals surface area contributed by atoms with Gasteiger partial charge in [0.25, 0.3) is 17.7 Å². The molecule has 3 fully saturated rings. The quantitative estimate of drug-likeness (QED) is 0.380. The average molecular weight is 548 g/mol. The Kier molecular flexibility index (Phi) is 6.74. The normalized spacial score (nSPS) is 25.4. The summed E-state index contributed by atoms with van der Waals surface area (Å²) in [4.78, 5) is 45.8. The summed E-state index contributed by atoms with van der Waals surface area (Å²) >= 11 is 0. The van der Waals surface area contributed by atoms with Crippen molar-refractivity contribution in [1.82, 2.24) is 14.7 Å². The van der Waals surface area contributed by atoms with Gasteiger partial charge in [0.2, 0.25) is 0 Å². The molecule has 0 spiro atoms. The second-order valence-electron chi connectivity index (χ2n) is 12.3. The predicted octanol–water partition coefficient (Wildman–Crippen LogP) is 5.54. The van der Waals surface area contributed by atoms with Gasteiger partial charge in [0, 0.05) is 36.8 Å². The number of nitrogens with zero attached hydrogens (tertiary/aromatic N) is 3. The molecule has 4 aliphatic heterocycles. The van der Waals surface area contributed by atoms with Crippen molar-refractivity contribution < 1.29 is 14.4 Å². The standard InChI is InChI=1S/C35H37N3O3/c39-32(25-9-3-1-4-10-25)36-20-17-35(18-21-36,26-11-5-2-6-12-26)19-22-37-27-15-16-28(37)24-29(23-27)38-33(40)30-13-7-8-14-31(30)34(38)41/h1-14,27-29H,15-24H2/t27-,28+,29?.